The summed E-state index contributed by atoms with van der Waals surface area (Å²) in [5.41, 5.74) is 10.5. The van der Waals surface area contributed by atoms with Crippen molar-refractivity contribution in [1.29, 1.82) is 0 Å². The van der Waals surface area contributed by atoms with Gasteiger partial charge < -0.3 is 85.2 Å². The van der Waals surface area contributed by atoms with E-state index < -0.39 is 23.1 Å². The molecule has 133 heavy (non-hydrogen) atoms. The van der Waals surface area contributed by atoms with E-state index in [1.54, 1.807) is 40.1 Å². The van der Waals surface area contributed by atoms with Crippen molar-refractivity contribution in [2.45, 2.75) is 67.6 Å². The molecule has 0 aliphatic carbocycles. The Labute approximate surface area is 854 Å². The molecule has 9 atom stereocenters. The number of hydrogen-bond acceptors (Lipinski definition) is 25. The number of thioether (sulfide) groups is 3. The summed E-state index contributed by atoms with van der Waals surface area (Å²) in [5, 5.41) is 31.5. The van der Waals surface area contributed by atoms with Crippen molar-refractivity contribution < 1.29 is 102 Å². The first-order chi connectivity index (χ1) is 63.1. The fourth-order valence-electron chi connectivity index (χ4n) is 15.1. The summed E-state index contributed by atoms with van der Waals surface area (Å²) in [5.74, 6) is -2.78. The molecular formula is C92H90Cl9N12NaO15S4. The summed E-state index contributed by atoms with van der Waals surface area (Å²) < 4.78 is 30.6. The Balaban J connectivity index is 0.000000173. The van der Waals surface area contributed by atoms with Crippen LogP contribution in [0, 0.1) is 0 Å². The van der Waals surface area contributed by atoms with E-state index in [4.69, 9.17) is 151 Å². The predicted molar refractivity (Wildman–Crippen MR) is 525 cm³/mol. The molecular weight excluding hydrogens is 1980 g/mol. The van der Waals surface area contributed by atoms with Crippen molar-refractivity contribution >= 4 is 214 Å². The van der Waals surface area contributed by atoms with Crippen LogP contribution in [0.15, 0.2) is 241 Å². The molecule has 696 valence electrons. The third kappa shape index (κ3) is 27.3. The van der Waals surface area contributed by atoms with E-state index >= 15 is 0 Å². The van der Waals surface area contributed by atoms with Crippen LogP contribution < -0.4 is 56.1 Å². The molecule has 0 spiro atoms. The number of carboxylic acids is 1. The van der Waals surface area contributed by atoms with Crippen LogP contribution in [-0.4, -0.2) is 205 Å². The minimum Gasteiger partial charge on any atom is -0.870 e. The fraction of sp³-hybridized carbons (Fsp3) is 0.293. The van der Waals surface area contributed by atoms with E-state index in [0.29, 0.717) is 82.2 Å². The average Bonchev–Trinajstić information content (AvgIpc) is 1.59. The van der Waals surface area contributed by atoms with Gasteiger partial charge in [-0.25, -0.2) is 14.4 Å². The van der Waals surface area contributed by atoms with Crippen molar-refractivity contribution in [2.24, 2.45) is 15.0 Å². The maximum atomic E-state index is 13.4. The molecule has 0 radical (unpaired) electrons. The van der Waals surface area contributed by atoms with Crippen molar-refractivity contribution in [3.63, 3.8) is 0 Å². The van der Waals surface area contributed by atoms with Gasteiger partial charge in [0.05, 0.1) is 93.4 Å². The van der Waals surface area contributed by atoms with E-state index in [2.05, 4.69) is 45.9 Å². The Hall–Kier alpha value is -8.01. The number of alkyl halides is 1. The summed E-state index contributed by atoms with van der Waals surface area (Å²) in [6.45, 7) is 7.61. The topological polar surface area (TPSA) is 335 Å². The monoisotopic (exact) mass is 2070 g/mol. The van der Waals surface area contributed by atoms with E-state index in [9.17, 15) is 38.7 Å². The number of nitrogens with one attached hydrogen (secondary N) is 5. The van der Waals surface area contributed by atoms with Gasteiger partial charge in [-0.3, -0.25) is 34.2 Å². The molecule has 8 aromatic rings. The predicted octanol–water partition coefficient (Wildman–Crippen LogP) is 14.9. The average molecular weight is 2070 g/mol. The number of amides is 3. The molecule has 27 nitrogen and oxygen atoms in total. The van der Waals surface area contributed by atoms with E-state index in [1.807, 2.05) is 199 Å². The normalized spacial score (nSPS) is 20.1. The van der Waals surface area contributed by atoms with Crippen molar-refractivity contribution in [3.05, 3.63) is 311 Å². The van der Waals surface area contributed by atoms with Crippen LogP contribution in [0.2, 0.25) is 40.2 Å². The standard InChI is InChI=1S/C24H22Cl2N4O3S.C22H20Cl2N2O3S.C20H16Cl2N2O3S.C15H12Cl2N2S.C7H11ClO4.C4H8N2O.Na.H2O/c1-33-13-18-22(23(32)29-11-10-27-19(31)12-29)34-24-28-20(14-2-6-16(25)7-3-14)21(30(18)24)15-4-8-17(26)9-5-15;1-3-29-21(27)20-17(12-28-2)26-19(14-6-10-16(24)11-7-14)18(25-22(26)30-20)13-4-8-15(23)9-5-13;1-27-10-15-18(19(25)26)28-20-23-16(11-2-6-13(21)7-3-11)17(24(15)20)12-4-8-14(22)9-5-12;16-11-5-1-9(2-6-11)13-14(19-15(20)18-13)10-3-7-12(17)8-4-10;1-3-12-7(10)6(8)5(9)4-11-2;7-4-3-5-1-2-6-4;;/h2-9,20-21H,10-13H2,1H3,(H,27,31);4-11,18-19H,3,12H2,1-2H3;2-9,16-17H,10H2,1H3,(H,25,26);1-8,13-14H,(H2,18,19,20);6H,3-4H2,1-2H3;5H,1-3H2,(H,6,7);;1H2/q;;;;;;+1;/p-1. The summed E-state index contributed by atoms with van der Waals surface area (Å²) in [7, 11) is 6.12. The Morgan fingerprint density at radius 3 is 1.08 bits per heavy atom. The second-order valence-electron chi connectivity index (χ2n) is 29.6. The number of methoxy groups -OCH3 is 4. The van der Waals surface area contributed by atoms with Crippen LogP contribution in [-0.2, 0) is 62.0 Å². The van der Waals surface area contributed by atoms with Crippen LogP contribution in [0.3, 0.4) is 0 Å². The first-order valence-corrected chi connectivity index (χ1v) is 47.1. The number of esters is 2. The number of aliphatic carboxylic acids is 1. The minimum absolute atomic E-state index is 0. The number of rotatable bonds is 23. The maximum absolute atomic E-state index is 13.4. The number of aliphatic imine (C=N–C) groups is 3. The number of carbonyl (C=O) groups is 7. The van der Waals surface area contributed by atoms with Crippen LogP contribution in [0.4, 0.5) is 0 Å². The number of fused-ring (bicyclic) bond motifs is 3. The largest absolute Gasteiger partial charge is 1.00 e. The molecule has 41 heteroatoms. The Kier molecular flexibility index (Phi) is 41.4. The second-order valence-corrected chi connectivity index (χ2v) is 36.8. The summed E-state index contributed by atoms with van der Waals surface area (Å²) >= 11 is 63.0. The Morgan fingerprint density at radius 1 is 0.451 bits per heavy atom. The summed E-state index contributed by atoms with van der Waals surface area (Å²) in [6.07, 6.45) is 0. The number of hydrogen-bond donors (Lipinski definition) is 6. The summed E-state index contributed by atoms with van der Waals surface area (Å²) in [6, 6.07) is 60.5. The number of benzene rings is 8. The van der Waals surface area contributed by atoms with Crippen LogP contribution in [0.1, 0.15) is 107 Å². The number of amidine groups is 3. The van der Waals surface area contributed by atoms with Gasteiger partial charge in [-0.2, -0.15) is 0 Å². The molecule has 3 fully saturated rings. The molecule has 9 aliphatic heterocycles. The molecule has 9 heterocycles. The second kappa shape index (κ2) is 51.4. The molecule has 0 aromatic heterocycles. The van der Waals surface area contributed by atoms with Gasteiger partial charge in [-0.05, 0) is 203 Å². The number of nitrogens with zero attached hydrogens (tertiary/aromatic N) is 7. The van der Waals surface area contributed by atoms with E-state index in [-0.39, 0.29) is 152 Å². The molecule has 8 aromatic carbocycles. The molecule has 9 unspecified atom stereocenters. The van der Waals surface area contributed by atoms with Gasteiger partial charge in [-0.15, -0.1) is 11.6 Å². The van der Waals surface area contributed by atoms with Gasteiger partial charge in [0.2, 0.25) is 11.8 Å². The third-order valence-electron chi connectivity index (χ3n) is 21.0. The number of ketones is 1. The Morgan fingerprint density at radius 2 is 0.774 bits per heavy atom. The zero-order valence-corrected chi connectivity index (χ0v) is 84.6. The van der Waals surface area contributed by atoms with Gasteiger partial charge >= 0.3 is 47.5 Å². The molecule has 17 rings (SSSR count). The first-order valence-electron chi connectivity index (χ1n) is 40.8. The van der Waals surface area contributed by atoms with Gasteiger partial charge in [0.25, 0.3) is 5.91 Å². The minimum atomic E-state index is -1.25. The van der Waals surface area contributed by atoms with Crippen LogP contribution >= 0.6 is 152 Å². The zero-order chi connectivity index (χ0) is 93.7. The number of carboxylic acid groups (broad SMARTS) is 1. The molecule has 0 bridgehead atoms. The fourth-order valence-corrected chi connectivity index (χ4v) is 19.7. The molecule has 3 amide bonds. The molecule has 9 aliphatic rings. The number of Topliss-reactive ketones (excluding diaryl/α,β-unsaturated/α-hetero) is 1. The molecule has 7 N–H and O–H groups in total. The van der Waals surface area contributed by atoms with Gasteiger partial charge in [-0.1, -0.05) is 190 Å². The Bertz CT molecular complexity index is 5570. The maximum Gasteiger partial charge on any atom is 1.00 e. The smallest absolute Gasteiger partial charge is 0.870 e. The quantitative estimate of drug-likeness (QED) is 0.0114. The number of thiocarbonyl (C=S) groups is 1. The number of ether oxygens (including phenoxy) is 6. The van der Waals surface area contributed by atoms with Gasteiger partial charge in [0, 0.05) is 94.8 Å². The third-order valence-corrected chi connectivity index (χ3v) is 26.9. The van der Waals surface area contributed by atoms with Crippen molar-refractivity contribution in [2.75, 3.05) is 107 Å². The number of piperazine rings is 2. The van der Waals surface area contributed by atoms with Crippen LogP contribution in [0.25, 0.3) is 0 Å². The van der Waals surface area contributed by atoms with Crippen LogP contribution in [0.5, 0.6) is 0 Å². The van der Waals surface area contributed by atoms with Crippen molar-refractivity contribution in [3.8, 4) is 0 Å². The summed E-state index contributed by atoms with van der Waals surface area (Å²) in [4.78, 5) is 106. The van der Waals surface area contributed by atoms with Gasteiger partial charge in [0.15, 0.2) is 31.8 Å². The number of halogens is 9. The molecule has 0 saturated carbocycles. The first kappa shape index (κ1) is 107. The molecule has 3 saturated heterocycles. The van der Waals surface area contributed by atoms with E-state index in [1.165, 1.54) is 30.6 Å². The SMILES string of the molecule is CCOC(=O)C(Cl)C(=O)COC.CCOC(=O)C1=C(COC)N2C(=NC(c3ccc(Cl)cc3)C2c2ccc(Cl)cc2)S1.COCC1=C(C(=O)N2CCNC(=O)C2)SC2=NC(c3ccc(Cl)cc3)C(c3ccc(Cl)cc3)N21.COCC1=C(C(=O)O)SC2=NC(c3ccc(Cl)cc3)C(c3ccc(Cl)cc3)N21.O=C1CNCCN1.S=C1NC(c2ccc(Cl)cc2)C(c2ccc(Cl)cc2)N1.[Na+].[OH-]. The van der Waals surface area contributed by atoms with E-state index in [0.717, 1.165) is 101 Å². The number of carbonyl (C=O) groups excluding carboxylic acids is 6. The van der Waals surface area contributed by atoms with Gasteiger partial charge in [0.1, 0.15) is 39.4 Å². The zero-order valence-electron chi connectivity index (χ0n) is 72.5. The van der Waals surface area contributed by atoms with Crippen molar-refractivity contribution in [1.82, 2.24) is 46.2 Å².